The number of aromatic nitrogens is 1. The average Bonchev–Trinajstić information content (AvgIpc) is 2.79. The first-order valence-corrected chi connectivity index (χ1v) is 8.20. The summed E-state index contributed by atoms with van der Waals surface area (Å²) >= 11 is 3.34. The molecule has 20 heavy (non-hydrogen) atoms. The van der Waals surface area contributed by atoms with Crippen molar-refractivity contribution in [1.82, 2.24) is 9.29 Å². The number of aryl methyl sites for hydroxylation is 1. The second-order valence-corrected chi connectivity index (χ2v) is 7.07. The maximum Gasteiger partial charge on any atom is 0.242 e. The SMILES string of the molecule is Cn1cc(S(=O)(=O)NCc2cccc(Br)c2)cc1CO. The van der Waals surface area contributed by atoms with Crippen molar-refractivity contribution in [2.24, 2.45) is 7.05 Å². The summed E-state index contributed by atoms with van der Waals surface area (Å²) in [6, 6.07) is 8.89. The van der Waals surface area contributed by atoms with Crippen LogP contribution in [0.1, 0.15) is 11.3 Å². The lowest BCUT2D eigenvalue weighted by atomic mass is 10.2. The van der Waals surface area contributed by atoms with Gasteiger partial charge in [-0.2, -0.15) is 0 Å². The van der Waals surface area contributed by atoms with Crippen molar-refractivity contribution in [3.63, 3.8) is 0 Å². The summed E-state index contributed by atoms with van der Waals surface area (Å²) in [4.78, 5) is 0.152. The standard InChI is InChI=1S/C13H15BrN2O3S/c1-16-8-13(6-12(16)9-17)20(18,19)15-7-10-3-2-4-11(14)5-10/h2-6,8,15,17H,7,9H2,1H3. The highest BCUT2D eigenvalue weighted by Gasteiger charge is 2.17. The Bertz CT molecular complexity index is 710. The van der Waals surface area contributed by atoms with Gasteiger partial charge in [0.25, 0.3) is 0 Å². The van der Waals surface area contributed by atoms with Crippen LogP contribution in [0.15, 0.2) is 45.9 Å². The number of halogens is 1. The Kier molecular flexibility index (Phi) is 4.64. The molecule has 2 N–H and O–H groups in total. The van der Waals surface area contributed by atoms with Gasteiger partial charge in [0.1, 0.15) is 0 Å². The molecular formula is C13H15BrN2O3S. The Hall–Kier alpha value is -1.15. The number of benzene rings is 1. The molecule has 0 amide bonds. The Morgan fingerprint density at radius 2 is 2.10 bits per heavy atom. The van der Waals surface area contributed by atoms with E-state index in [-0.39, 0.29) is 18.0 Å². The summed E-state index contributed by atoms with van der Waals surface area (Å²) < 4.78 is 29.3. The van der Waals surface area contributed by atoms with Crippen LogP contribution in [0.5, 0.6) is 0 Å². The largest absolute Gasteiger partial charge is 0.390 e. The van der Waals surface area contributed by atoms with Crippen LogP contribution in [0.3, 0.4) is 0 Å². The van der Waals surface area contributed by atoms with E-state index in [1.165, 1.54) is 12.3 Å². The first-order chi connectivity index (χ1) is 9.42. The molecule has 2 aromatic rings. The van der Waals surface area contributed by atoms with Crippen molar-refractivity contribution < 1.29 is 13.5 Å². The van der Waals surface area contributed by atoms with Crippen LogP contribution in [0, 0.1) is 0 Å². The van der Waals surface area contributed by atoms with E-state index in [1.54, 1.807) is 11.6 Å². The number of aliphatic hydroxyl groups excluding tert-OH is 1. The zero-order valence-electron chi connectivity index (χ0n) is 10.9. The van der Waals surface area contributed by atoms with Crippen LogP contribution in [-0.4, -0.2) is 18.1 Å². The molecule has 0 saturated carbocycles. The first kappa shape index (κ1) is 15.2. The van der Waals surface area contributed by atoms with Crippen molar-refractivity contribution in [1.29, 1.82) is 0 Å². The van der Waals surface area contributed by atoms with Crippen molar-refractivity contribution in [3.8, 4) is 0 Å². The second kappa shape index (κ2) is 6.09. The molecule has 0 aliphatic carbocycles. The number of sulfonamides is 1. The maximum absolute atomic E-state index is 12.2. The smallest absolute Gasteiger partial charge is 0.242 e. The Morgan fingerprint density at radius 3 is 2.70 bits per heavy atom. The van der Waals surface area contributed by atoms with Crippen molar-refractivity contribution in [3.05, 3.63) is 52.3 Å². The third-order valence-electron chi connectivity index (χ3n) is 2.91. The predicted molar refractivity (Wildman–Crippen MR) is 79.5 cm³/mol. The molecule has 7 heteroatoms. The molecule has 0 fully saturated rings. The van der Waals surface area contributed by atoms with Crippen molar-refractivity contribution in [2.75, 3.05) is 0 Å². The summed E-state index contributed by atoms with van der Waals surface area (Å²) in [7, 11) is -1.89. The molecule has 1 aromatic carbocycles. The molecule has 0 aliphatic rings. The van der Waals surface area contributed by atoms with Gasteiger partial charge < -0.3 is 9.67 Å². The molecule has 0 saturated heterocycles. The van der Waals surface area contributed by atoms with Crippen molar-refractivity contribution >= 4 is 26.0 Å². The van der Waals surface area contributed by atoms with E-state index in [2.05, 4.69) is 20.7 Å². The Balaban J connectivity index is 2.15. The third kappa shape index (κ3) is 3.49. The van der Waals surface area contributed by atoms with E-state index < -0.39 is 10.0 Å². The molecular weight excluding hydrogens is 344 g/mol. The molecule has 1 heterocycles. The number of nitrogens with zero attached hydrogens (tertiary/aromatic N) is 1. The summed E-state index contributed by atoms with van der Waals surface area (Å²) in [6.45, 7) is 0.0166. The van der Waals surface area contributed by atoms with E-state index in [4.69, 9.17) is 5.11 Å². The zero-order valence-corrected chi connectivity index (χ0v) is 13.3. The Labute approximate surface area is 126 Å². The zero-order chi connectivity index (χ0) is 14.8. The summed E-state index contributed by atoms with van der Waals surface area (Å²) in [5, 5.41) is 9.09. The monoisotopic (exact) mass is 358 g/mol. The summed E-state index contributed by atoms with van der Waals surface area (Å²) in [5.74, 6) is 0. The normalized spacial score (nSPS) is 11.8. The average molecular weight is 359 g/mol. The molecule has 0 radical (unpaired) electrons. The maximum atomic E-state index is 12.2. The highest BCUT2D eigenvalue weighted by molar-refractivity contribution is 9.10. The van der Waals surface area contributed by atoms with Gasteiger partial charge >= 0.3 is 0 Å². The second-order valence-electron chi connectivity index (χ2n) is 4.39. The molecule has 1 aromatic heterocycles. The predicted octanol–water partition coefficient (Wildman–Crippen LogP) is 1.76. The molecule has 0 atom stereocenters. The molecule has 108 valence electrons. The van der Waals surface area contributed by atoms with Gasteiger partial charge in [-0.15, -0.1) is 0 Å². The summed E-state index contributed by atoms with van der Waals surface area (Å²) in [5.41, 5.74) is 1.41. The van der Waals surface area contributed by atoms with Crippen LogP contribution in [-0.2, 0) is 30.2 Å². The lowest BCUT2D eigenvalue weighted by molar-refractivity contribution is 0.272. The van der Waals surface area contributed by atoms with Gasteiger partial charge in [-0.25, -0.2) is 13.1 Å². The minimum Gasteiger partial charge on any atom is -0.390 e. The topological polar surface area (TPSA) is 71.3 Å². The fourth-order valence-corrected chi connectivity index (χ4v) is 3.35. The van der Waals surface area contributed by atoms with Gasteiger partial charge in [-0.1, -0.05) is 28.1 Å². The third-order valence-corrected chi connectivity index (χ3v) is 4.77. The van der Waals surface area contributed by atoms with Gasteiger partial charge in [-0.3, -0.25) is 0 Å². The molecule has 0 bridgehead atoms. The number of nitrogens with one attached hydrogen (secondary N) is 1. The summed E-state index contributed by atoms with van der Waals surface area (Å²) in [6.07, 6.45) is 1.48. The molecule has 0 aliphatic heterocycles. The van der Waals surface area contributed by atoms with Crippen LogP contribution in [0.4, 0.5) is 0 Å². The first-order valence-electron chi connectivity index (χ1n) is 5.92. The number of rotatable bonds is 5. The highest BCUT2D eigenvalue weighted by Crippen LogP contribution is 2.15. The fourth-order valence-electron chi connectivity index (χ4n) is 1.79. The van der Waals surface area contributed by atoms with Gasteiger partial charge in [0, 0.05) is 30.0 Å². The van der Waals surface area contributed by atoms with E-state index >= 15 is 0 Å². The van der Waals surface area contributed by atoms with Gasteiger partial charge in [0.15, 0.2) is 0 Å². The lowest BCUT2D eigenvalue weighted by Gasteiger charge is -2.05. The number of aliphatic hydroxyl groups is 1. The minimum atomic E-state index is -3.58. The van der Waals surface area contributed by atoms with E-state index in [1.807, 2.05) is 24.3 Å². The van der Waals surface area contributed by atoms with Gasteiger partial charge in [-0.05, 0) is 23.8 Å². The van der Waals surface area contributed by atoms with E-state index in [0.717, 1.165) is 10.0 Å². The quantitative estimate of drug-likeness (QED) is 0.855. The van der Waals surface area contributed by atoms with Gasteiger partial charge in [0.2, 0.25) is 10.0 Å². The van der Waals surface area contributed by atoms with E-state index in [9.17, 15) is 8.42 Å². The molecule has 5 nitrogen and oxygen atoms in total. The van der Waals surface area contributed by atoms with Crippen LogP contribution in [0.25, 0.3) is 0 Å². The van der Waals surface area contributed by atoms with Gasteiger partial charge in [0.05, 0.1) is 11.5 Å². The van der Waals surface area contributed by atoms with Crippen LogP contribution >= 0.6 is 15.9 Å². The highest BCUT2D eigenvalue weighted by atomic mass is 79.9. The Morgan fingerprint density at radius 1 is 1.35 bits per heavy atom. The lowest BCUT2D eigenvalue weighted by Crippen LogP contribution is -2.22. The van der Waals surface area contributed by atoms with Crippen LogP contribution in [0.2, 0.25) is 0 Å². The minimum absolute atomic E-state index is 0.152. The van der Waals surface area contributed by atoms with Crippen molar-refractivity contribution in [2.45, 2.75) is 18.0 Å². The van der Waals surface area contributed by atoms with Crippen LogP contribution < -0.4 is 4.72 Å². The number of hydrogen-bond donors (Lipinski definition) is 2. The van der Waals surface area contributed by atoms with E-state index in [0.29, 0.717) is 5.69 Å². The number of hydrogen-bond acceptors (Lipinski definition) is 3. The fraction of sp³-hybridized carbons (Fsp3) is 0.231. The molecule has 2 rings (SSSR count). The molecule has 0 spiro atoms. The molecule has 0 unspecified atom stereocenters.